The highest BCUT2D eigenvalue weighted by Crippen LogP contribution is 2.26. The van der Waals surface area contributed by atoms with Crippen LogP contribution in [0.3, 0.4) is 0 Å². The average Bonchev–Trinajstić information content (AvgIpc) is 2.82. The van der Waals surface area contributed by atoms with E-state index in [1.54, 1.807) is 18.2 Å². The molecule has 0 fully saturated rings. The van der Waals surface area contributed by atoms with Gasteiger partial charge in [-0.15, -0.1) is 0 Å². The number of rotatable bonds is 18. The number of aromatic hydroxyl groups is 1. The Labute approximate surface area is 196 Å². The molecule has 1 aromatic carbocycles. The first-order valence-electron chi connectivity index (χ1n) is 11.6. The summed E-state index contributed by atoms with van der Waals surface area (Å²) in [6.45, 7) is -0.164. The topological polar surface area (TPSA) is 123 Å². The van der Waals surface area contributed by atoms with Crippen molar-refractivity contribution in [3.05, 3.63) is 29.8 Å². The molecule has 186 valence electrons. The molecule has 0 saturated heterocycles. The van der Waals surface area contributed by atoms with E-state index in [9.17, 15) is 14.7 Å². The minimum absolute atomic E-state index is 0.0484. The predicted octanol–water partition coefficient (Wildman–Crippen LogP) is 3.75. The van der Waals surface area contributed by atoms with Gasteiger partial charge in [-0.05, 0) is 36.6 Å². The van der Waals surface area contributed by atoms with Gasteiger partial charge in [-0.2, -0.15) is 0 Å². The summed E-state index contributed by atoms with van der Waals surface area (Å²) >= 11 is 0. The van der Waals surface area contributed by atoms with E-state index < -0.39 is 18.7 Å². The van der Waals surface area contributed by atoms with Crippen molar-refractivity contribution in [2.75, 3.05) is 26.9 Å². The van der Waals surface area contributed by atoms with Crippen molar-refractivity contribution in [2.45, 2.75) is 70.3 Å². The molecule has 1 atom stereocenters. The van der Waals surface area contributed by atoms with Crippen LogP contribution in [-0.2, 0) is 19.1 Å². The van der Waals surface area contributed by atoms with Crippen LogP contribution in [0.2, 0.25) is 0 Å². The van der Waals surface area contributed by atoms with E-state index in [0.717, 1.165) is 63.4 Å². The van der Waals surface area contributed by atoms with Crippen LogP contribution >= 0.6 is 0 Å². The van der Waals surface area contributed by atoms with Crippen LogP contribution in [0.4, 0.5) is 0 Å². The molecule has 0 amide bonds. The lowest BCUT2D eigenvalue weighted by Gasteiger charge is -2.08. The number of phenolic OH excluding ortho intramolecular Hbond substituents is 1. The number of aliphatic hydroxyl groups excluding tert-OH is 2. The number of carbonyl (C=O) groups is 2. The zero-order chi connectivity index (χ0) is 24.3. The molecule has 8 heteroatoms. The monoisotopic (exact) mass is 466 g/mol. The Morgan fingerprint density at radius 3 is 2.24 bits per heavy atom. The third-order valence-electron chi connectivity index (χ3n) is 5.03. The Hall–Kier alpha value is -2.58. The summed E-state index contributed by atoms with van der Waals surface area (Å²) in [6, 6.07) is 4.83. The van der Waals surface area contributed by atoms with Gasteiger partial charge < -0.3 is 29.5 Å². The largest absolute Gasteiger partial charge is 0.504 e. The van der Waals surface area contributed by atoms with E-state index in [1.165, 1.54) is 19.3 Å². The second kappa shape index (κ2) is 17.9. The second-order valence-corrected chi connectivity index (χ2v) is 7.88. The molecule has 0 aliphatic heterocycles. The lowest BCUT2D eigenvalue weighted by Crippen LogP contribution is -2.21. The highest BCUT2D eigenvalue weighted by Gasteiger charge is 2.07. The molecule has 0 aromatic heterocycles. The van der Waals surface area contributed by atoms with Crippen LogP contribution in [-0.4, -0.2) is 60.3 Å². The zero-order valence-electron chi connectivity index (χ0n) is 19.5. The molecule has 33 heavy (non-hydrogen) atoms. The highest BCUT2D eigenvalue weighted by atomic mass is 16.5. The van der Waals surface area contributed by atoms with E-state index in [4.69, 9.17) is 24.4 Å². The van der Waals surface area contributed by atoms with Gasteiger partial charge in [0.05, 0.1) is 20.3 Å². The van der Waals surface area contributed by atoms with Crippen LogP contribution in [0, 0.1) is 0 Å². The first-order chi connectivity index (χ1) is 16.0. The van der Waals surface area contributed by atoms with Crippen molar-refractivity contribution in [3.63, 3.8) is 0 Å². The molecule has 0 saturated carbocycles. The number of hydrogen-bond donors (Lipinski definition) is 3. The van der Waals surface area contributed by atoms with Gasteiger partial charge in [0, 0.05) is 12.5 Å². The van der Waals surface area contributed by atoms with Gasteiger partial charge in [0.1, 0.15) is 12.7 Å². The molecule has 0 heterocycles. The lowest BCUT2D eigenvalue weighted by atomic mass is 10.1. The van der Waals surface area contributed by atoms with Crippen LogP contribution in [0.15, 0.2) is 24.3 Å². The van der Waals surface area contributed by atoms with Gasteiger partial charge in [-0.25, -0.2) is 4.79 Å². The van der Waals surface area contributed by atoms with Crippen LogP contribution in [0.5, 0.6) is 11.5 Å². The summed E-state index contributed by atoms with van der Waals surface area (Å²) in [5, 5.41) is 27.3. The van der Waals surface area contributed by atoms with Crippen molar-refractivity contribution < 1.29 is 39.1 Å². The molecule has 0 aliphatic rings. The third-order valence-corrected chi connectivity index (χ3v) is 5.03. The minimum atomic E-state index is -1.00. The van der Waals surface area contributed by atoms with Crippen LogP contribution in [0.1, 0.15) is 69.8 Å². The van der Waals surface area contributed by atoms with Crippen LogP contribution < -0.4 is 4.74 Å². The minimum Gasteiger partial charge on any atom is -0.504 e. The number of phenols is 1. The normalized spacial score (nSPS) is 12.0. The maximum Gasteiger partial charge on any atom is 0.330 e. The summed E-state index contributed by atoms with van der Waals surface area (Å²) < 4.78 is 15.1. The standard InChI is InChI=1S/C25H38O8/c1-31-23-17-20(12-14-22(23)28)13-15-25(30)32-16-10-8-6-4-2-3-5-7-9-11-24(29)33-19-21(27)18-26/h12-15,17,21,26-28H,2-11,16,18-19H2,1H3/b15-13+/t21-/m1/s1. The Balaban J connectivity index is 1.94. The van der Waals surface area contributed by atoms with Crippen molar-refractivity contribution in [1.29, 1.82) is 0 Å². The zero-order valence-corrected chi connectivity index (χ0v) is 19.5. The lowest BCUT2D eigenvalue weighted by molar-refractivity contribution is -0.147. The van der Waals surface area contributed by atoms with Crippen molar-refractivity contribution in [3.8, 4) is 11.5 Å². The maximum atomic E-state index is 11.8. The van der Waals surface area contributed by atoms with Gasteiger partial charge in [0.2, 0.25) is 0 Å². The molecule has 0 unspecified atom stereocenters. The summed E-state index contributed by atoms with van der Waals surface area (Å²) in [4.78, 5) is 23.2. The molecular weight excluding hydrogens is 428 g/mol. The highest BCUT2D eigenvalue weighted by molar-refractivity contribution is 5.87. The molecule has 1 rings (SSSR count). The van der Waals surface area contributed by atoms with E-state index in [0.29, 0.717) is 18.8 Å². The van der Waals surface area contributed by atoms with Gasteiger partial charge >= 0.3 is 11.9 Å². The smallest absolute Gasteiger partial charge is 0.330 e. The van der Waals surface area contributed by atoms with Gasteiger partial charge in [-0.3, -0.25) is 4.79 Å². The summed E-state index contributed by atoms with van der Waals surface area (Å²) in [5.41, 5.74) is 0.736. The Morgan fingerprint density at radius 2 is 1.61 bits per heavy atom. The average molecular weight is 467 g/mol. The number of aliphatic hydroxyl groups is 2. The Kier molecular flexibility index (Phi) is 15.4. The molecule has 0 aliphatic carbocycles. The second-order valence-electron chi connectivity index (χ2n) is 7.88. The predicted molar refractivity (Wildman–Crippen MR) is 125 cm³/mol. The van der Waals surface area contributed by atoms with Gasteiger partial charge in [0.15, 0.2) is 11.5 Å². The van der Waals surface area contributed by atoms with E-state index in [2.05, 4.69) is 0 Å². The molecule has 0 spiro atoms. The number of esters is 2. The number of hydrogen-bond acceptors (Lipinski definition) is 8. The molecular formula is C25H38O8. The molecule has 0 radical (unpaired) electrons. The molecule has 1 aromatic rings. The van der Waals surface area contributed by atoms with Crippen molar-refractivity contribution >= 4 is 18.0 Å². The first-order valence-corrected chi connectivity index (χ1v) is 11.6. The number of unbranched alkanes of at least 4 members (excludes halogenated alkanes) is 8. The number of carbonyl (C=O) groups excluding carboxylic acids is 2. The molecule has 8 nitrogen and oxygen atoms in total. The van der Waals surface area contributed by atoms with E-state index in [1.807, 2.05) is 0 Å². The summed E-state index contributed by atoms with van der Waals surface area (Å²) in [6.07, 6.45) is 11.5. The van der Waals surface area contributed by atoms with E-state index in [-0.39, 0.29) is 18.3 Å². The Morgan fingerprint density at radius 1 is 0.970 bits per heavy atom. The van der Waals surface area contributed by atoms with Crippen molar-refractivity contribution in [1.82, 2.24) is 0 Å². The van der Waals surface area contributed by atoms with Gasteiger partial charge in [-0.1, -0.05) is 51.0 Å². The molecule has 0 bridgehead atoms. The van der Waals surface area contributed by atoms with E-state index >= 15 is 0 Å². The fourth-order valence-electron chi connectivity index (χ4n) is 3.11. The first kappa shape index (κ1) is 28.5. The number of benzene rings is 1. The summed E-state index contributed by atoms with van der Waals surface area (Å²) in [5.74, 6) is -0.330. The van der Waals surface area contributed by atoms with Gasteiger partial charge in [0.25, 0.3) is 0 Å². The number of methoxy groups -OCH3 is 1. The fourth-order valence-corrected chi connectivity index (χ4v) is 3.11. The number of ether oxygens (including phenoxy) is 3. The summed E-state index contributed by atoms with van der Waals surface area (Å²) in [7, 11) is 1.47. The third kappa shape index (κ3) is 14.2. The Bertz CT molecular complexity index is 716. The van der Waals surface area contributed by atoms with Crippen molar-refractivity contribution in [2.24, 2.45) is 0 Å². The quantitative estimate of drug-likeness (QED) is 0.170. The fraction of sp³-hybridized carbons (Fsp3) is 0.600. The van der Waals surface area contributed by atoms with Crippen LogP contribution in [0.25, 0.3) is 6.08 Å². The SMILES string of the molecule is COc1cc(/C=C/C(=O)OCCCCCCCCCCCC(=O)OC[C@H](O)CO)ccc1O. The maximum absolute atomic E-state index is 11.8. The molecule has 3 N–H and O–H groups in total.